The lowest BCUT2D eigenvalue weighted by Crippen LogP contribution is -1.96. The summed E-state index contributed by atoms with van der Waals surface area (Å²) < 4.78 is 11.2. The smallest absolute Gasteiger partial charge is 0.227 e. The SMILES string of the molecule is COc1ccc(-c2nc3ccccc3o2)cc1NC=C(C#N)c1nn[nH]n1. The first kappa shape index (κ1) is 16.3. The minimum Gasteiger partial charge on any atom is -0.495 e. The Labute approximate surface area is 153 Å². The maximum Gasteiger partial charge on any atom is 0.227 e. The number of ether oxygens (including phenoxy) is 1. The van der Waals surface area contributed by atoms with Crippen LogP contribution in [0.2, 0.25) is 0 Å². The molecule has 4 aromatic rings. The lowest BCUT2D eigenvalue weighted by Gasteiger charge is -2.09. The quantitative estimate of drug-likeness (QED) is 0.521. The maximum atomic E-state index is 9.28. The van der Waals surface area contributed by atoms with E-state index >= 15 is 0 Å². The summed E-state index contributed by atoms with van der Waals surface area (Å²) in [5, 5.41) is 25.7. The number of aromatic nitrogens is 5. The molecule has 0 fully saturated rings. The van der Waals surface area contributed by atoms with Gasteiger partial charge in [0.05, 0.1) is 12.8 Å². The molecule has 0 radical (unpaired) electrons. The molecule has 0 aliphatic rings. The van der Waals surface area contributed by atoms with E-state index in [9.17, 15) is 5.26 Å². The highest BCUT2D eigenvalue weighted by Crippen LogP contribution is 2.32. The van der Waals surface area contributed by atoms with Crippen molar-refractivity contribution in [3.05, 3.63) is 54.5 Å². The van der Waals surface area contributed by atoms with Gasteiger partial charge in [0.2, 0.25) is 11.7 Å². The molecule has 0 aliphatic heterocycles. The fourth-order valence-corrected chi connectivity index (χ4v) is 2.52. The molecule has 27 heavy (non-hydrogen) atoms. The summed E-state index contributed by atoms with van der Waals surface area (Å²) >= 11 is 0. The van der Waals surface area contributed by atoms with Gasteiger partial charge in [0.15, 0.2) is 5.58 Å². The van der Waals surface area contributed by atoms with Gasteiger partial charge in [-0.15, -0.1) is 10.2 Å². The van der Waals surface area contributed by atoms with Gasteiger partial charge in [-0.05, 0) is 35.5 Å². The number of nitriles is 1. The molecular weight excluding hydrogens is 346 g/mol. The summed E-state index contributed by atoms with van der Waals surface area (Å²) in [6, 6.07) is 15.0. The number of allylic oxidation sites excluding steroid dienone is 1. The number of hydrogen-bond donors (Lipinski definition) is 2. The highest BCUT2D eigenvalue weighted by Gasteiger charge is 2.12. The number of nitrogens with one attached hydrogen (secondary N) is 2. The van der Waals surface area contributed by atoms with Crippen LogP contribution in [0.3, 0.4) is 0 Å². The Kier molecular flexibility index (Phi) is 4.20. The van der Waals surface area contributed by atoms with E-state index in [2.05, 4.69) is 30.9 Å². The number of H-pyrrole nitrogens is 1. The van der Waals surface area contributed by atoms with Crippen LogP contribution in [-0.2, 0) is 0 Å². The normalized spacial score (nSPS) is 11.3. The second-order valence-electron chi connectivity index (χ2n) is 5.45. The first-order valence-corrected chi connectivity index (χ1v) is 7.93. The van der Waals surface area contributed by atoms with Gasteiger partial charge in [-0.1, -0.05) is 12.1 Å². The minimum absolute atomic E-state index is 0.194. The number of nitrogens with zero attached hydrogens (tertiary/aromatic N) is 5. The summed E-state index contributed by atoms with van der Waals surface area (Å²) in [7, 11) is 1.56. The number of oxazole rings is 1. The summed E-state index contributed by atoms with van der Waals surface area (Å²) in [5.41, 5.74) is 3.11. The number of methoxy groups -OCH3 is 1. The Balaban J connectivity index is 1.70. The Morgan fingerprint density at radius 2 is 2.19 bits per heavy atom. The molecule has 0 saturated carbocycles. The van der Waals surface area contributed by atoms with E-state index in [1.807, 2.05) is 42.5 Å². The topological polar surface area (TPSA) is 126 Å². The molecule has 0 atom stereocenters. The van der Waals surface area contributed by atoms with Gasteiger partial charge in [0, 0.05) is 11.8 Å². The fraction of sp³-hybridized carbons (Fsp3) is 0.0556. The molecule has 0 unspecified atom stereocenters. The number of rotatable bonds is 5. The molecule has 2 heterocycles. The van der Waals surface area contributed by atoms with Crippen molar-refractivity contribution in [2.75, 3.05) is 12.4 Å². The minimum atomic E-state index is 0.194. The Morgan fingerprint density at radius 1 is 1.30 bits per heavy atom. The van der Waals surface area contributed by atoms with Crippen LogP contribution in [0.1, 0.15) is 5.82 Å². The molecule has 0 bridgehead atoms. The van der Waals surface area contributed by atoms with E-state index in [0.717, 1.165) is 11.1 Å². The van der Waals surface area contributed by atoms with Gasteiger partial charge in [-0.3, -0.25) is 0 Å². The first-order chi connectivity index (χ1) is 13.3. The van der Waals surface area contributed by atoms with Crippen LogP contribution >= 0.6 is 0 Å². The molecular formula is C18H13N7O2. The van der Waals surface area contributed by atoms with Crippen molar-refractivity contribution in [2.45, 2.75) is 0 Å². The van der Waals surface area contributed by atoms with Crippen LogP contribution in [0.25, 0.3) is 28.1 Å². The molecule has 9 heteroatoms. The zero-order chi connectivity index (χ0) is 18.6. The van der Waals surface area contributed by atoms with Gasteiger partial charge >= 0.3 is 0 Å². The molecule has 4 rings (SSSR count). The third-order valence-corrected chi connectivity index (χ3v) is 3.82. The first-order valence-electron chi connectivity index (χ1n) is 7.93. The van der Waals surface area contributed by atoms with Crippen LogP contribution in [0.15, 0.2) is 53.1 Å². The van der Waals surface area contributed by atoms with Crippen LogP contribution in [-0.4, -0.2) is 32.7 Å². The largest absolute Gasteiger partial charge is 0.495 e. The van der Waals surface area contributed by atoms with Crippen LogP contribution < -0.4 is 10.1 Å². The lowest BCUT2D eigenvalue weighted by atomic mass is 10.2. The zero-order valence-electron chi connectivity index (χ0n) is 14.2. The standard InChI is InChI=1S/C18H13N7O2/c1-26-15-7-6-11(18-21-13-4-2-3-5-16(13)27-18)8-14(15)20-10-12(9-19)17-22-24-25-23-17/h2-8,10,20H,1H3,(H,22,23,24,25). The highest BCUT2D eigenvalue weighted by molar-refractivity contribution is 5.79. The third-order valence-electron chi connectivity index (χ3n) is 3.82. The summed E-state index contributed by atoms with van der Waals surface area (Å²) in [4.78, 5) is 4.50. The summed E-state index contributed by atoms with van der Waals surface area (Å²) in [6.45, 7) is 0. The number of benzene rings is 2. The number of aromatic amines is 1. The zero-order valence-corrected chi connectivity index (χ0v) is 14.2. The van der Waals surface area contributed by atoms with Crippen LogP contribution in [0, 0.1) is 11.3 Å². The number of anilines is 1. The second-order valence-corrected chi connectivity index (χ2v) is 5.45. The monoisotopic (exact) mass is 359 g/mol. The van der Waals surface area contributed by atoms with Crippen LogP contribution in [0.4, 0.5) is 5.69 Å². The van der Waals surface area contributed by atoms with E-state index in [0.29, 0.717) is 22.9 Å². The third kappa shape index (κ3) is 3.19. The molecule has 132 valence electrons. The van der Waals surface area contributed by atoms with Crippen LogP contribution in [0.5, 0.6) is 5.75 Å². The molecule has 2 aromatic heterocycles. The van der Waals surface area contributed by atoms with Crippen molar-refractivity contribution in [1.82, 2.24) is 25.6 Å². The van der Waals surface area contributed by atoms with Gasteiger partial charge < -0.3 is 14.5 Å². The fourth-order valence-electron chi connectivity index (χ4n) is 2.52. The van der Waals surface area contributed by atoms with Crippen molar-refractivity contribution in [2.24, 2.45) is 0 Å². The van der Waals surface area contributed by atoms with Gasteiger partial charge in [-0.2, -0.15) is 10.5 Å². The Hall–Kier alpha value is -4.19. The molecule has 2 N–H and O–H groups in total. The average Bonchev–Trinajstić information content (AvgIpc) is 3.38. The molecule has 0 aliphatic carbocycles. The number of para-hydroxylation sites is 2. The molecule has 0 spiro atoms. The predicted octanol–water partition coefficient (Wildman–Crippen LogP) is 2.99. The average molecular weight is 359 g/mol. The van der Waals surface area contributed by atoms with Crippen molar-refractivity contribution in [3.8, 4) is 23.3 Å². The van der Waals surface area contributed by atoms with E-state index in [1.54, 1.807) is 13.2 Å². The Morgan fingerprint density at radius 3 is 2.93 bits per heavy atom. The second kappa shape index (κ2) is 6.97. The summed E-state index contributed by atoms with van der Waals surface area (Å²) in [6.07, 6.45) is 1.48. The summed E-state index contributed by atoms with van der Waals surface area (Å²) in [5.74, 6) is 1.28. The van der Waals surface area contributed by atoms with Gasteiger partial charge in [0.25, 0.3) is 0 Å². The van der Waals surface area contributed by atoms with Crippen molar-refractivity contribution < 1.29 is 9.15 Å². The number of hydrogen-bond acceptors (Lipinski definition) is 8. The number of fused-ring (bicyclic) bond motifs is 1. The molecule has 0 saturated heterocycles. The van der Waals surface area contributed by atoms with E-state index in [4.69, 9.17) is 9.15 Å². The molecule has 9 nitrogen and oxygen atoms in total. The number of tetrazole rings is 1. The van der Waals surface area contributed by atoms with Gasteiger partial charge in [-0.25, -0.2) is 4.98 Å². The van der Waals surface area contributed by atoms with E-state index < -0.39 is 0 Å². The molecule has 0 amide bonds. The van der Waals surface area contributed by atoms with E-state index in [-0.39, 0.29) is 11.4 Å². The lowest BCUT2D eigenvalue weighted by molar-refractivity contribution is 0.417. The predicted molar refractivity (Wildman–Crippen MR) is 97.4 cm³/mol. The van der Waals surface area contributed by atoms with Gasteiger partial charge in [0.1, 0.15) is 22.9 Å². The van der Waals surface area contributed by atoms with E-state index in [1.165, 1.54) is 6.20 Å². The highest BCUT2D eigenvalue weighted by atomic mass is 16.5. The Bertz CT molecular complexity index is 1120. The van der Waals surface area contributed by atoms with Crippen molar-refractivity contribution >= 4 is 22.4 Å². The molecule has 2 aromatic carbocycles. The van der Waals surface area contributed by atoms with Crippen molar-refractivity contribution in [1.29, 1.82) is 5.26 Å². The van der Waals surface area contributed by atoms with Crippen molar-refractivity contribution in [3.63, 3.8) is 0 Å². The maximum absolute atomic E-state index is 9.28.